The number of amides is 1. The number of nitrogens with one attached hydrogen (secondary N) is 1. The van der Waals surface area contributed by atoms with Crippen molar-refractivity contribution in [2.75, 3.05) is 11.9 Å². The number of carbonyl (C=O) groups excluding carboxylic acids is 1. The van der Waals surface area contributed by atoms with E-state index in [-0.39, 0.29) is 12.5 Å². The zero-order chi connectivity index (χ0) is 17.1. The highest BCUT2D eigenvalue weighted by atomic mass is 16.5. The van der Waals surface area contributed by atoms with E-state index in [1.165, 1.54) is 0 Å². The van der Waals surface area contributed by atoms with E-state index >= 15 is 0 Å². The van der Waals surface area contributed by atoms with Gasteiger partial charge < -0.3 is 10.1 Å². The molecule has 5 nitrogen and oxygen atoms in total. The van der Waals surface area contributed by atoms with Crippen LogP contribution in [0.3, 0.4) is 0 Å². The lowest BCUT2D eigenvalue weighted by molar-refractivity contribution is -0.118. The van der Waals surface area contributed by atoms with Crippen LogP contribution in [0.25, 0.3) is 10.9 Å². The summed E-state index contributed by atoms with van der Waals surface area (Å²) < 4.78 is 5.63. The van der Waals surface area contributed by atoms with Gasteiger partial charge in [0, 0.05) is 5.69 Å². The number of hydrogen-bond acceptors (Lipinski definition) is 4. The zero-order valence-corrected chi connectivity index (χ0v) is 14.0. The number of hydrogen-bond donors (Lipinski definition) is 1. The number of aryl methyl sites for hydroxylation is 3. The highest BCUT2D eigenvalue weighted by Crippen LogP contribution is 2.22. The van der Waals surface area contributed by atoms with Gasteiger partial charge in [-0.3, -0.25) is 4.79 Å². The number of anilines is 1. The highest BCUT2D eigenvalue weighted by molar-refractivity contribution is 5.92. The minimum atomic E-state index is -0.222. The summed E-state index contributed by atoms with van der Waals surface area (Å²) in [6.07, 6.45) is 0. The van der Waals surface area contributed by atoms with Crippen LogP contribution in [0.15, 0.2) is 42.5 Å². The van der Waals surface area contributed by atoms with E-state index in [0.29, 0.717) is 11.7 Å². The van der Waals surface area contributed by atoms with Crippen LogP contribution in [-0.4, -0.2) is 22.5 Å². The quantitative estimate of drug-likeness (QED) is 0.798. The van der Waals surface area contributed by atoms with Crippen LogP contribution < -0.4 is 10.1 Å². The van der Waals surface area contributed by atoms with Gasteiger partial charge in [0.2, 0.25) is 5.88 Å². The molecular weight excluding hydrogens is 302 g/mol. The zero-order valence-electron chi connectivity index (χ0n) is 14.0. The maximum atomic E-state index is 12.1. The first-order valence-corrected chi connectivity index (χ1v) is 7.75. The van der Waals surface area contributed by atoms with Crippen LogP contribution in [0.4, 0.5) is 5.69 Å². The number of nitrogens with zero attached hydrogens (tertiary/aromatic N) is 2. The molecule has 1 aromatic heterocycles. The number of benzene rings is 2. The Balaban J connectivity index is 1.72. The van der Waals surface area contributed by atoms with Crippen molar-refractivity contribution in [3.05, 3.63) is 59.4 Å². The molecule has 0 unspecified atom stereocenters. The lowest BCUT2D eigenvalue weighted by Gasteiger charge is -2.10. The molecule has 0 fully saturated rings. The van der Waals surface area contributed by atoms with Gasteiger partial charge >= 0.3 is 0 Å². The summed E-state index contributed by atoms with van der Waals surface area (Å²) in [7, 11) is 0. The molecule has 2 aromatic carbocycles. The van der Waals surface area contributed by atoms with Crippen LogP contribution in [-0.2, 0) is 4.79 Å². The van der Waals surface area contributed by atoms with Gasteiger partial charge in [-0.1, -0.05) is 18.2 Å². The minimum Gasteiger partial charge on any atom is -0.467 e. The smallest absolute Gasteiger partial charge is 0.262 e. The summed E-state index contributed by atoms with van der Waals surface area (Å²) in [5.74, 6) is 0.812. The van der Waals surface area contributed by atoms with E-state index in [4.69, 9.17) is 4.74 Å². The van der Waals surface area contributed by atoms with Crippen molar-refractivity contribution in [3.8, 4) is 5.88 Å². The molecule has 24 heavy (non-hydrogen) atoms. The van der Waals surface area contributed by atoms with E-state index in [9.17, 15) is 4.79 Å². The molecule has 3 rings (SSSR count). The molecule has 1 N–H and O–H groups in total. The van der Waals surface area contributed by atoms with Crippen molar-refractivity contribution in [1.82, 2.24) is 9.97 Å². The Morgan fingerprint density at radius 2 is 1.75 bits per heavy atom. The Kier molecular flexibility index (Phi) is 4.42. The number of para-hydroxylation sites is 1. The van der Waals surface area contributed by atoms with Crippen LogP contribution in [0.2, 0.25) is 0 Å². The van der Waals surface area contributed by atoms with Gasteiger partial charge in [-0.05, 0) is 56.2 Å². The Morgan fingerprint density at radius 1 is 1.04 bits per heavy atom. The average molecular weight is 321 g/mol. The van der Waals surface area contributed by atoms with Crippen LogP contribution >= 0.6 is 0 Å². The number of aromatic nitrogens is 2. The second-order valence-electron chi connectivity index (χ2n) is 5.81. The fourth-order valence-electron chi connectivity index (χ4n) is 2.65. The summed E-state index contributed by atoms with van der Waals surface area (Å²) in [4.78, 5) is 20.8. The number of fused-ring (bicyclic) bond motifs is 1. The standard InChI is InChI=1S/C19H19N3O2/c1-12-8-13(2)10-15(9-12)22-18(23)11-24-19-16-6-4-5-7-17(16)20-14(3)21-19/h4-10H,11H2,1-3H3,(H,22,23). The third kappa shape index (κ3) is 3.68. The average Bonchev–Trinajstić information content (AvgIpc) is 2.51. The Morgan fingerprint density at radius 3 is 2.50 bits per heavy atom. The molecule has 0 radical (unpaired) electrons. The summed E-state index contributed by atoms with van der Waals surface area (Å²) in [6.45, 7) is 5.69. The van der Waals surface area contributed by atoms with Gasteiger partial charge in [-0.25, -0.2) is 4.98 Å². The summed E-state index contributed by atoms with van der Waals surface area (Å²) in [5.41, 5.74) is 3.77. The molecule has 0 aliphatic carbocycles. The normalized spacial score (nSPS) is 10.6. The number of ether oxygens (including phenoxy) is 1. The second kappa shape index (κ2) is 6.66. The first-order chi connectivity index (χ1) is 11.5. The molecule has 0 aliphatic rings. The van der Waals surface area contributed by atoms with E-state index in [0.717, 1.165) is 27.7 Å². The predicted octanol–water partition coefficient (Wildman–Crippen LogP) is 3.57. The third-order valence-electron chi connectivity index (χ3n) is 3.53. The van der Waals surface area contributed by atoms with E-state index in [1.54, 1.807) is 6.92 Å². The lowest BCUT2D eigenvalue weighted by Crippen LogP contribution is -2.20. The Hall–Kier alpha value is -2.95. The van der Waals surface area contributed by atoms with E-state index < -0.39 is 0 Å². The van der Waals surface area contributed by atoms with Gasteiger partial charge in [-0.2, -0.15) is 4.98 Å². The highest BCUT2D eigenvalue weighted by Gasteiger charge is 2.10. The fourth-order valence-corrected chi connectivity index (χ4v) is 2.65. The topological polar surface area (TPSA) is 64.1 Å². The van der Waals surface area contributed by atoms with Gasteiger partial charge in [0.15, 0.2) is 6.61 Å². The molecule has 1 heterocycles. The minimum absolute atomic E-state index is 0.104. The first kappa shape index (κ1) is 15.9. The maximum absolute atomic E-state index is 12.1. The maximum Gasteiger partial charge on any atom is 0.262 e. The summed E-state index contributed by atoms with van der Waals surface area (Å²) >= 11 is 0. The van der Waals surface area contributed by atoms with Gasteiger partial charge in [0.1, 0.15) is 5.82 Å². The van der Waals surface area contributed by atoms with Crippen molar-refractivity contribution >= 4 is 22.5 Å². The lowest BCUT2D eigenvalue weighted by atomic mass is 10.1. The fraction of sp³-hybridized carbons (Fsp3) is 0.211. The second-order valence-corrected chi connectivity index (χ2v) is 5.81. The summed E-state index contributed by atoms with van der Waals surface area (Å²) in [6, 6.07) is 13.5. The van der Waals surface area contributed by atoms with Crippen LogP contribution in [0.1, 0.15) is 17.0 Å². The monoisotopic (exact) mass is 321 g/mol. The molecule has 0 bridgehead atoms. The predicted molar refractivity (Wildman–Crippen MR) is 94.3 cm³/mol. The van der Waals surface area contributed by atoms with Crippen molar-refractivity contribution in [1.29, 1.82) is 0 Å². The molecule has 1 amide bonds. The largest absolute Gasteiger partial charge is 0.467 e. The van der Waals surface area contributed by atoms with Crippen molar-refractivity contribution in [3.63, 3.8) is 0 Å². The molecule has 0 atom stereocenters. The molecule has 0 saturated carbocycles. The first-order valence-electron chi connectivity index (χ1n) is 7.75. The van der Waals surface area contributed by atoms with Gasteiger partial charge in [-0.15, -0.1) is 0 Å². The number of rotatable bonds is 4. The molecule has 0 aliphatic heterocycles. The third-order valence-corrected chi connectivity index (χ3v) is 3.53. The molecule has 3 aromatic rings. The van der Waals surface area contributed by atoms with Gasteiger partial charge in [0.05, 0.1) is 10.9 Å². The Bertz CT molecular complexity index is 886. The van der Waals surface area contributed by atoms with Crippen molar-refractivity contribution < 1.29 is 9.53 Å². The van der Waals surface area contributed by atoms with Crippen molar-refractivity contribution in [2.24, 2.45) is 0 Å². The van der Waals surface area contributed by atoms with E-state index in [2.05, 4.69) is 21.4 Å². The Labute approximate surface area is 140 Å². The summed E-state index contributed by atoms with van der Waals surface area (Å²) in [5, 5.41) is 3.64. The SMILES string of the molecule is Cc1cc(C)cc(NC(=O)COc2nc(C)nc3ccccc23)c1. The number of carbonyl (C=O) groups is 1. The molecule has 0 spiro atoms. The molecule has 122 valence electrons. The van der Waals surface area contributed by atoms with E-state index in [1.807, 2.05) is 50.2 Å². The van der Waals surface area contributed by atoms with Crippen LogP contribution in [0.5, 0.6) is 5.88 Å². The van der Waals surface area contributed by atoms with Gasteiger partial charge in [0.25, 0.3) is 5.91 Å². The molecule has 5 heteroatoms. The van der Waals surface area contributed by atoms with Crippen molar-refractivity contribution in [2.45, 2.75) is 20.8 Å². The molecule has 0 saturated heterocycles. The molecular formula is C19H19N3O2. The van der Waals surface area contributed by atoms with Crippen LogP contribution in [0, 0.1) is 20.8 Å².